The molecule has 80 valence electrons. The van der Waals surface area contributed by atoms with Crippen molar-refractivity contribution in [1.29, 1.82) is 0 Å². The van der Waals surface area contributed by atoms with Gasteiger partial charge in [0.1, 0.15) is 6.61 Å². The largest absolute Gasteiger partial charge is 0.487 e. The fourth-order valence-corrected chi connectivity index (χ4v) is 2.23. The Balaban J connectivity index is 1.99. The summed E-state index contributed by atoms with van der Waals surface area (Å²) in [5.41, 5.74) is 1.15. The number of nitrogens with one attached hydrogen (secondary N) is 1. The van der Waals surface area contributed by atoms with E-state index in [1.807, 2.05) is 13.1 Å². The van der Waals surface area contributed by atoms with Crippen molar-refractivity contribution >= 4 is 5.82 Å². The van der Waals surface area contributed by atoms with Crippen LogP contribution in [-0.2, 0) is 0 Å². The van der Waals surface area contributed by atoms with Crippen molar-refractivity contribution in [1.82, 2.24) is 10.3 Å². The topological polar surface area (TPSA) is 37.4 Å². The van der Waals surface area contributed by atoms with Crippen molar-refractivity contribution in [2.24, 2.45) is 0 Å². The number of hydrogen-bond donors (Lipinski definition) is 1. The van der Waals surface area contributed by atoms with Crippen molar-refractivity contribution in [3.8, 4) is 5.75 Å². The van der Waals surface area contributed by atoms with Crippen LogP contribution in [0.1, 0.15) is 5.56 Å². The summed E-state index contributed by atoms with van der Waals surface area (Å²) in [6, 6.07) is 2.52. The molecule has 1 atom stereocenters. The van der Waals surface area contributed by atoms with Gasteiger partial charge in [-0.1, -0.05) is 0 Å². The lowest BCUT2D eigenvalue weighted by atomic mass is 10.1. The third-order valence-corrected chi connectivity index (χ3v) is 3.02. The highest BCUT2D eigenvalue weighted by molar-refractivity contribution is 5.56. The third kappa shape index (κ3) is 1.45. The Morgan fingerprint density at radius 1 is 1.60 bits per heavy atom. The van der Waals surface area contributed by atoms with E-state index in [0.717, 1.165) is 43.4 Å². The Morgan fingerprint density at radius 3 is 3.47 bits per heavy atom. The van der Waals surface area contributed by atoms with E-state index in [0.29, 0.717) is 6.04 Å². The Hall–Kier alpha value is -1.29. The zero-order valence-corrected chi connectivity index (χ0v) is 8.86. The summed E-state index contributed by atoms with van der Waals surface area (Å²) in [7, 11) is 0. The molecule has 2 aliphatic rings. The molecule has 2 aliphatic heterocycles. The van der Waals surface area contributed by atoms with E-state index in [1.54, 1.807) is 0 Å². The first kappa shape index (κ1) is 8.97. The zero-order valence-electron chi connectivity index (χ0n) is 8.86. The Kier molecular flexibility index (Phi) is 2.02. The molecule has 15 heavy (non-hydrogen) atoms. The van der Waals surface area contributed by atoms with Gasteiger partial charge in [0.15, 0.2) is 11.6 Å². The highest BCUT2D eigenvalue weighted by Gasteiger charge is 2.30. The number of ether oxygens (including phenoxy) is 1. The quantitative estimate of drug-likeness (QED) is 0.671. The molecule has 0 aromatic carbocycles. The molecule has 1 saturated heterocycles. The summed E-state index contributed by atoms with van der Waals surface area (Å²) < 4.78 is 5.73. The fourth-order valence-electron chi connectivity index (χ4n) is 2.23. The molecular formula is C11H15N3O. The van der Waals surface area contributed by atoms with E-state index in [4.69, 9.17) is 4.74 Å². The third-order valence-electron chi connectivity index (χ3n) is 3.02. The molecule has 1 N–H and O–H groups in total. The number of aryl methyl sites for hydroxylation is 1. The van der Waals surface area contributed by atoms with Crippen molar-refractivity contribution < 1.29 is 4.74 Å². The molecule has 0 spiro atoms. The summed E-state index contributed by atoms with van der Waals surface area (Å²) >= 11 is 0. The Bertz CT molecular complexity index is 380. The second kappa shape index (κ2) is 3.38. The van der Waals surface area contributed by atoms with Crippen molar-refractivity contribution in [3.05, 3.63) is 17.8 Å². The molecular weight excluding hydrogens is 190 g/mol. The van der Waals surface area contributed by atoms with Gasteiger partial charge in [-0.15, -0.1) is 0 Å². The minimum atomic E-state index is 0.446. The normalized spacial score (nSPS) is 24.1. The SMILES string of the molecule is Cc1cnc2c(c1)OC[C@H]1CNCCN21. The minimum Gasteiger partial charge on any atom is -0.487 e. The van der Waals surface area contributed by atoms with Crippen LogP contribution < -0.4 is 15.0 Å². The first-order valence-corrected chi connectivity index (χ1v) is 5.41. The number of aromatic nitrogens is 1. The van der Waals surface area contributed by atoms with E-state index in [1.165, 1.54) is 0 Å². The van der Waals surface area contributed by atoms with Crippen molar-refractivity contribution in [2.75, 3.05) is 31.1 Å². The van der Waals surface area contributed by atoms with Crippen LogP contribution in [0.4, 0.5) is 5.82 Å². The first-order valence-electron chi connectivity index (χ1n) is 5.41. The second-order valence-corrected chi connectivity index (χ2v) is 4.20. The van der Waals surface area contributed by atoms with Crippen LogP contribution in [-0.4, -0.2) is 37.3 Å². The van der Waals surface area contributed by atoms with E-state index in [2.05, 4.69) is 21.3 Å². The second-order valence-electron chi connectivity index (χ2n) is 4.20. The van der Waals surface area contributed by atoms with Gasteiger partial charge < -0.3 is 15.0 Å². The summed E-state index contributed by atoms with van der Waals surface area (Å²) in [6.45, 7) is 5.86. The highest BCUT2D eigenvalue weighted by atomic mass is 16.5. The molecule has 0 aliphatic carbocycles. The molecule has 0 bridgehead atoms. The lowest BCUT2D eigenvalue weighted by Gasteiger charge is -2.40. The van der Waals surface area contributed by atoms with Gasteiger partial charge in [0.05, 0.1) is 6.04 Å². The predicted octanol–water partition coefficient (Wildman–Crippen LogP) is 0.561. The standard InChI is InChI=1S/C11H15N3O/c1-8-4-10-11(13-5-8)14-3-2-12-6-9(14)7-15-10/h4-5,9,12H,2-3,6-7H2,1H3/t9-/m1/s1. The van der Waals surface area contributed by atoms with Gasteiger partial charge in [-0.2, -0.15) is 0 Å². The predicted molar refractivity (Wildman–Crippen MR) is 58.5 cm³/mol. The number of nitrogens with zero attached hydrogens (tertiary/aromatic N) is 2. The molecule has 3 heterocycles. The van der Waals surface area contributed by atoms with E-state index in [9.17, 15) is 0 Å². The minimum absolute atomic E-state index is 0.446. The van der Waals surface area contributed by atoms with Gasteiger partial charge in [0, 0.05) is 25.8 Å². The Morgan fingerprint density at radius 2 is 2.53 bits per heavy atom. The van der Waals surface area contributed by atoms with Crippen LogP contribution in [0.2, 0.25) is 0 Å². The first-order chi connectivity index (χ1) is 7.34. The summed E-state index contributed by atoms with van der Waals surface area (Å²) in [4.78, 5) is 6.83. The van der Waals surface area contributed by atoms with E-state index < -0.39 is 0 Å². The highest BCUT2D eigenvalue weighted by Crippen LogP contribution is 2.32. The average Bonchev–Trinajstić information content (AvgIpc) is 2.28. The summed E-state index contributed by atoms with van der Waals surface area (Å²) in [5.74, 6) is 1.95. The van der Waals surface area contributed by atoms with E-state index >= 15 is 0 Å². The van der Waals surface area contributed by atoms with Crippen LogP contribution >= 0.6 is 0 Å². The number of rotatable bonds is 0. The van der Waals surface area contributed by atoms with Crippen LogP contribution in [0.25, 0.3) is 0 Å². The number of fused-ring (bicyclic) bond motifs is 3. The average molecular weight is 205 g/mol. The number of anilines is 1. The van der Waals surface area contributed by atoms with Crippen LogP contribution in [0.5, 0.6) is 5.75 Å². The summed E-state index contributed by atoms with van der Waals surface area (Å²) in [6.07, 6.45) is 1.91. The van der Waals surface area contributed by atoms with Gasteiger partial charge in [-0.25, -0.2) is 4.98 Å². The van der Waals surface area contributed by atoms with Gasteiger partial charge in [-0.05, 0) is 18.6 Å². The number of piperazine rings is 1. The van der Waals surface area contributed by atoms with Gasteiger partial charge in [0.2, 0.25) is 0 Å². The lowest BCUT2D eigenvalue weighted by Crippen LogP contribution is -2.56. The number of hydrogen-bond acceptors (Lipinski definition) is 4. The molecule has 0 unspecified atom stereocenters. The van der Waals surface area contributed by atoms with E-state index in [-0.39, 0.29) is 0 Å². The van der Waals surface area contributed by atoms with Crippen LogP contribution in [0.3, 0.4) is 0 Å². The molecule has 1 aromatic rings. The summed E-state index contributed by atoms with van der Waals surface area (Å²) in [5, 5.41) is 3.38. The van der Waals surface area contributed by atoms with Crippen LogP contribution in [0, 0.1) is 6.92 Å². The fraction of sp³-hybridized carbons (Fsp3) is 0.545. The molecule has 1 aromatic heterocycles. The molecule has 0 saturated carbocycles. The maximum atomic E-state index is 5.73. The monoisotopic (exact) mass is 205 g/mol. The van der Waals surface area contributed by atoms with Gasteiger partial charge >= 0.3 is 0 Å². The van der Waals surface area contributed by atoms with Gasteiger partial charge in [0.25, 0.3) is 0 Å². The molecule has 4 heteroatoms. The maximum absolute atomic E-state index is 5.73. The molecule has 3 rings (SSSR count). The molecule has 0 radical (unpaired) electrons. The molecule has 1 fully saturated rings. The van der Waals surface area contributed by atoms with Crippen molar-refractivity contribution in [3.63, 3.8) is 0 Å². The number of pyridine rings is 1. The molecule has 0 amide bonds. The maximum Gasteiger partial charge on any atom is 0.171 e. The van der Waals surface area contributed by atoms with Crippen LogP contribution in [0.15, 0.2) is 12.3 Å². The smallest absolute Gasteiger partial charge is 0.171 e. The molecule has 4 nitrogen and oxygen atoms in total. The van der Waals surface area contributed by atoms with Crippen molar-refractivity contribution in [2.45, 2.75) is 13.0 Å². The lowest BCUT2D eigenvalue weighted by molar-refractivity contribution is 0.244. The Labute approximate surface area is 89.3 Å². The van der Waals surface area contributed by atoms with Gasteiger partial charge in [-0.3, -0.25) is 0 Å². The zero-order chi connectivity index (χ0) is 10.3.